The number of likely N-dealkylation sites (tertiary alicyclic amines) is 1. The lowest BCUT2D eigenvalue weighted by Crippen LogP contribution is -2.57. The first kappa shape index (κ1) is 27.3. The summed E-state index contributed by atoms with van der Waals surface area (Å²) in [5.41, 5.74) is 7.96. The van der Waals surface area contributed by atoms with Crippen molar-refractivity contribution in [3.05, 3.63) is 71.3 Å². The molecule has 0 unspecified atom stereocenters. The number of amidine groups is 1. The second-order valence-corrected chi connectivity index (χ2v) is 10.3. The molecule has 9 heteroatoms. The summed E-state index contributed by atoms with van der Waals surface area (Å²) < 4.78 is 5.64. The fourth-order valence-corrected chi connectivity index (χ4v) is 5.77. The predicted molar refractivity (Wildman–Crippen MR) is 144 cm³/mol. The number of hydrogen-bond acceptors (Lipinski definition) is 5. The highest BCUT2D eigenvalue weighted by molar-refractivity contribution is 5.95. The van der Waals surface area contributed by atoms with Crippen LogP contribution >= 0.6 is 0 Å². The molecule has 0 bridgehead atoms. The summed E-state index contributed by atoms with van der Waals surface area (Å²) in [5, 5.41) is 13.4. The summed E-state index contributed by atoms with van der Waals surface area (Å²) in [6.45, 7) is 1.70. The van der Waals surface area contributed by atoms with Crippen molar-refractivity contribution in [1.29, 1.82) is 5.41 Å². The molecule has 1 saturated carbocycles. The van der Waals surface area contributed by atoms with Gasteiger partial charge in [-0.25, -0.2) is 0 Å². The number of rotatable bonds is 9. The largest absolute Gasteiger partial charge is 0.384 e. The molecular weight excluding hydrogens is 482 g/mol. The lowest BCUT2D eigenvalue weighted by molar-refractivity contribution is -0.144. The lowest BCUT2D eigenvalue weighted by Gasteiger charge is -2.38. The Hall–Kier alpha value is -3.72. The average molecular weight is 520 g/mol. The number of methoxy groups -OCH3 is 1. The van der Waals surface area contributed by atoms with Gasteiger partial charge in [0.2, 0.25) is 17.7 Å². The summed E-state index contributed by atoms with van der Waals surface area (Å²) in [6, 6.07) is 15.2. The molecule has 1 saturated heterocycles. The van der Waals surface area contributed by atoms with E-state index in [1.165, 1.54) is 6.92 Å². The molecular formula is C29H37N5O4. The minimum Gasteiger partial charge on any atom is -0.384 e. The predicted octanol–water partition coefficient (Wildman–Crippen LogP) is 2.12. The van der Waals surface area contributed by atoms with Crippen molar-refractivity contribution in [2.24, 2.45) is 11.7 Å². The number of ether oxygens (including phenoxy) is 1. The molecule has 38 heavy (non-hydrogen) atoms. The van der Waals surface area contributed by atoms with Gasteiger partial charge in [0.1, 0.15) is 17.9 Å². The number of carbonyl (C=O) groups excluding carboxylic acids is 3. The Labute approximate surface area is 223 Å². The number of nitrogens with two attached hydrogens (primary N) is 1. The summed E-state index contributed by atoms with van der Waals surface area (Å²) in [7, 11) is 1.68. The summed E-state index contributed by atoms with van der Waals surface area (Å²) in [6.07, 6.45) is 3.41. The number of benzene rings is 2. The molecule has 3 amide bonds. The highest BCUT2D eigenvalue weighted by Gasteiger charge is 2.50. The molecule has 5 N–H and O–H groups in total. The van der Waals surface area contributed by atoms with Gasteiger partial charge in [0.25, 0.3) is 0 Å². The van der Waals surface area contributed by atoms with Crippen LogP contribution in [-0.4, -0.2) is 59.8 Å². The van der Waals surface area contributed by atoms with Crippen LogP contribution in [0.4, 0.5) is 0 Å². The van der Waals surface area contributed by atoms with E-state index in [-0.39, 0.29) is 41.6 Å². The van der Waals surface area contributed by atoms with E-state index in [0.29, 0.717) is 31.4 Å². The van der Waals surface area contributed by atoms with Crippen molar-refractivity contribution < 1.29 is 19.1 Å². The van der Waals surface area contributed by atoms with Crippen LogP contribution in [-0.2, 0) is 32.1 Å². The van der Waals surface area contributed by atoms with Gasteiger partial charge in [-0.15, -0.1) is 0 Å². The average Bonchev–Trinajstić information content (AvgIpc) is 3.30. The molecule has 1 aliphatic carbocycles. The standard InChI is InChI=1S/C29H37N5O4/c1-18(35)33-24(14-19-6-4-3-5-7-19)29(37)34-25-16-23(38-2)13-12-22(25)15-26(34)28(36)32-17-20-8-10-21(11-9-20)27(30)31/h3-11,22-26H,12-17H2,1-2H3,(H3,30,31)(H,32,36)(H,33,35)/t22-,23+,24+,25-,26-/m0/s1. The molecule has 2 aromatic carbocycles. The van der Waals surface area contributed by atoms with Crippen molar-refractivity contribution in [3.8, 4) is 0 Å². The van der Waals surface area contributed by atoms with Crippen LogP contribution in [0, 0.1) is 11.3 Å². The molecule has 0 spiro atoms. The zero-order valence-corrected chi connectivity index (χ0v) is 22.0. The normalized spacial score (nSPS) is 23.3. The molecule has 0 radical (unpaired) electrons. The molecule has 9 nitrogen and oxygen atoms in total. The van der Waals surface area contributed by atoms with E-state index in [9.17, 15) is 14.4 Å². The van der Waals surface area contributed by atoms with Crippen LogP contribution in [0.3, 0.4) is 0 Å². The Kier molecular flexibility index (Phi) is 8.78. The lowest BCUT2D eigenvalue weighted by atomic mass is 9.83. The van der Waals surface area contributed by atoms with Gasteiger partial charge in [0.15, 0.2) is 0 Å². The number of amides is 3. The number of nitrogen functional groups attached to an aromatic ring is 1. The van der Waals surface area contributed by atoms with Crippen LogP contribution in [0.5, 0.6) is 0 Å². The number of carbonyl (C=O) groups is 3. The van der Waals surface area contributed by atoms with E-state index >= 15 is 0 Å². The Morgan fingerprint density at radius 3 is 2.39 bits per heavy atom. The Bertz CT molecular complexity index is 1150. The number of hydrogen-bond donors (Lipinski definition) is 4. The van der Waals surface area contributed by atoms with Gasteiger partial charge in [0.05, 0.1) is 6.10 Å². The molecule has 202 valence electrons. The summed E-state index contributed by atoms with van der Waals surface area (Å²) in [4.78, 5) is 41.4. The van der Waals surface area contributed by atoms with E-state index in [4.69, 9.17) is 15.9 Å². The third-order valence-corrected chi connectivity index (χ3v) is 7.71. The number of fused-ring (bicyclic) bond motifs is 1. The number of nitrogens with one attached hydrogen (secondary N) is 3. The van der Waals surface area contributed by atoms with Crippen molar-refractivity contribution in [1.82, 2.24) is 15.5 Å². The highest BCUT2D eigenvalue weighted by atomic mass is 16.5. The molecule has 0 aromatic heterocycles. The van der Waals surface area contributed by atoms with Crippen LogP contribution in [0.25, 0.3) is 0 Å². The Morgan fingerprint density at radius 1 is 1.05 bits per heavy atom. The molecule has 1 heterocycles. The fourth-order valence-electron chi connectivity index (χ4n) is 5.77. The second kappa shape index (κ2) is 12.2. The minimum absolute atomic E-state index is 0.0121. The third kappa shape index (κ3) is 6.39. The molecule has 5 atom stereocenters. The van der Waals surface area contributed by atoms with Gasteiger partial charge in [-0.3, -0.25) is 19.8 Å². The van der Waals surface area contributed by atoms with E-state index in [1.54, 1.807) is 24.1 Å². The zero-order chi connectivity index (χ0) is 27.2. The molecule has 2 aliphatic rings. The van der Waals surface area contributed by atoms with E-state index in [2.05, 4.69) is 10.6 Å². The van der Waals surface area contributed by atoms with Crippen molar-refractivity contribution in [3.63, 3.8) is 0 Å². The highest BCUT2D eigenvalue weighted by Crippen LogP contribution is 2.41. The monoisotopic (exact) mass is 519 g/mol. The van der Waals surface area contributed by atoms with E-state index < -0.39 is 12.1 Å². The Balaban J connectivity index is 1.55. The first-order chi connectivity index (χ1) is 18.3. The van der Waals surface area contributed by atoms with Crippen LogP contribution < -0.4 is 16.4 Å². The fraction of sp³-hybridized carbons (Fsp3) is 0.448. The third-order valence-electron chi connectivity index (χ3n) is 7.71. The first-order valence-electron chi connectivity index (χ1n) is 13.1. The van der Waals surface area contributed by atoms with Gasteiger partial charge in [-0.2, -0.15) is 0 Å². The van der Waals surface area contributed by atoms with Crippen molar-refractivity contribution >= 4 is 23.6 Å². The van der Waals surface area contributed by atoms with Crippen molar-refractivity contribution in [2.45, 2.75) is 69.8 Å². The second-order valence-electron chi connectivity index (χ2n) is 10.3. The molecule has 4 rings (SSSR count). The maximum Gasteiger partial charge on any atom is 0.246 e. The molecule has 1 aliphatic heterocycles. The maximum absolute atomic E-state index is 14.1. The SMILES string of the molecule is CO[C@@H]1CC[C@H]2C[C@@H](C(=O)NCc3ccc(C(=N)N)cc3)N(C(=O)[C@@H](Cc3ccccc3)NC(C)=O)[C@H]2C1. The Morgan fingerprint density at radius 2 is 1.76 bits per heavy atom. The van der Waals surface area contributed by atoms with Crippen LogP contribution in [0.15, 0.2) is 54.6 Å². The zero-order valence-electron chi connectivity index (χ0n) is 22.0. The first-order valence-corrected chi connectivity index (χ1v) is 13.1. The van der Waals surface area contributed by atoms with Gasteiger partial charge in [-0.05, 0) is 42.7 Å². The van der Waals surface area contributed by atoms with Gasteiger partial charge < -0.3 is 26.0 Å². The van der Waals surface area contributed by atoms with E-state index in [1.807, 2.05) is 42.5 Å². The summed E-state index contributed by atoms with van der Waals surface area (Å²) in [5.74, 6) is -0.547. The quantitative estimate of drug-likeness (QED) is 0.297. The maximum atomic E-state index is 14.1. The van der Waals surface area contributed by atoms with Gasteiger partial charge in [-0.1, -0.05) is 54.6 Å². The van der Waals surface area contributed by atoms with E-state index in [0.717, 1.165) is 24.0 Å². The summed E-state index contributed by atoms with van der Waals surface area (Å²) >= 11 is 0. The number of nitrogens with zero attached hydrogens (tertiary/aromatic N) is 1. The minimum atomic E-state index is -0.772. The van der Waals surface area contributed by atoms with Crippen molar-refractivity contribution in [2.75, 3.05) is 7.11 Å². The van der Waals surface area contributed by atoms with Gasteiger partial charge >= 0.3 is 0 Å². The topological polar surface area (TPSA) is 138 Å². The molecule has 2 fully saturated rings. The van der Waals surface area contributed by atoms with Crippen LogP contribution in [0.1, 0.15) is 49.3 Å². The molecule has 2 aromatic rings. The van der Waals surface area contributed by atoms with Crippen LogP contribution in [0.2, 0.25) is 0 Å². The smallest absolute Gasteiger partial charge is 0.246 e. The van der Waals surface area contributed by atoms with Gasteiger partial charge in [0, 0.05) is 38.6 Å².